The van der Waals surface area contributed by atoms with Gasteiger partial charge in [0.05, 0.1) is 0 Å². The van der Waals surface area contributed by atoms with Crippen LogP contribution in [0.4, 0.5) is 0 Å². The summed E-state index contributed by atoms with van der Waals surface area (Å²) in [5.41, 5.74) is 0. The third-order valence-corrected chi connectivity index (χ3v) is 3.06. The van der Waals surface area contributed by atoms with E-state index < -0.39 is 0 Å². The fourth-order valence-electron chi connectivity index (χ4n) is 1.72. The van der Waals surface area contributed by atoms with Gasteiger partial charge in [-0.05, 0) is 6.42 Å². The van der Waals surface area contributed by atoms with Gasteiger partial charge in [-0.15, -0.1) is 22.8 Å². The highest BCUT2D eigenvalue weighted by molar-refractivity contribution is 7.80. The molecule has 5 heteroatoms. The number of nitrogens with zero attached hydrogens (tertiary/aromatic N) is 3. The number of hydrogen-bond acceptors (Lipinski definition) is 4. The van der Waals surface area contributed by atoms with Crippen molar-refractivity contribution < 1.29 is 0 Å². The van der Waals surface area contributed by atoms with Crippen LogP contribution in [0.5, 0.6) is 0 Å². The summed E-state index contributed by atoms with van der Waals surface area (Å²) in [6.07, 6.45) is 9.98. The summed E-state index contributed by atoms with van der Waals surface area (Å²) in [5, 5.41) is 8.27. The number of hydrogen-bond donors (Lipinski definition) is 2. The first-order chi connectivity index (χ1) is 7.75. The van der Waals surface area contributed by atoms with E-state index >= 15 is 0 Å². The van der Waals surface area contributed by atoms with Crippen LogP contribution in [-0.2, 0) is 6.42 Å². The molecule has 0 saturated heterocycles. The fraction of sp³-hybridized carbons (Fsp3) is 0.818. The van der Waals surface area contributed by atoms with Crippen molar-refractivity contribution in [3.05, 3.63) is 5.82 Å². The van der Waals surface area contributed by atoms with Crippen LogP contribution >= 0.6 is 12.6 Å². The Hall–Kier alpha value is -0.710. The molecule has 2 N–H and O–H groups in total. The molecule has 1 rings (SSSR count). The molecule has 0 aliphatic rings. The van der Waals surface area contributed by atoms with Crippen molar-refractivity contribution in [2.24, 2.45) is 0 Å². The van der Waals surface area contributed by atoms with E-state index in [-0.39, 0.29) is 0 Å². The molecule has 0 bridgehead atoms. The minimum atomic E-state index is 0.484. The number of rotatable bonds is 8. The largest absolute Gasteiger partial charge is 0.336 e. The summed E-state index contributed by atoms with van der Waals surface area (Å²) in [5.74, 6) is 6.53. The van der Waals surface area contributed by atoms with Crippen LogP contribution in [0.25, 0.3) is 0 Å². The van der Waals surface area contributed by atoms with E-state index in [0.717, 1.165) is 18.7 Å². The molecular weight excluding hydrogens is 220 g/mol. The average Bonchev–Trinajstić information content (AvgIpc) is 2.59. The standard InChI is InChI=1S/C11H22N4S/c1-2-3-4-5-6-7-8-9-10-13-14-11(16)15(10)12/h2-9,12H2,1H3,(H,14,16). The maximum Gasteiger partial charge on any atom is 0.206 e. The smallest absolute Gasteiger partial charge is 0.206 e. The van der Waals surface area contributed by atoms with Crippen molar-refractivity contribution in [2.75, 3.05) is 5.84 Å². The summed E-state index contributed by atoms with van der Waals surface area (Å²) < 4.78 is 1.46. The van der Waals surface area contributed by atoms with E-state index in [2.05, 4.69) is 29.7 Å². The minimum absolute atomic E-state index is 0.484. The molecule has 0 spiro atoms. The molecule has 0 unspecified atom stereocenters. The molecule has 0 aliphatic heterocycles. The first-order valence-corrected chi connectivity index (χ1v) is 6.58. The molecule has 4 nitrogen and oxygen atoms in total. The Balaban J connectivity index is 2.05. The highest BCUT2D eigenvalue weighted by Gasteiger charge is 2.05. The molecule has 0 aliphatic carbocycles. The zero-order chi connectivity index (χ0) is 11.8. The van der Waals surface area contributed by atoms with Gasteiger partial charge in [-0.3, -0.25) is 0 Å². The Morgan fingerprint density at radius 2 is 1.69 bits per heavy atom. The predicted molar refractivity (Wildman–Crippen MR) is 69.1 cm³/mol. The normalized spacial score (nSPS) is 10.9. The summed E-state index contributed by atoms with van der Waals surface area (Å²) in [4.78, 5) is 0. The molecule has 0 atom stereocenters. The van der Waals surface area contributed by atoms with Gasteiger partial charge in [0, 0.05) is 6.42 Å². The molecule has 0 fully saturated rings. The van der Waals surface area contributed by atoms with E-state index in [1.807, 2.05) is 0 Å². The molecule has 0 radical (unpaired) electrons. The topological polar surface area (TPSA) is 56.7 Å². The summed E-state index contributed by atoms with van der Waals surface area (Å²) in [6.45, 7) is 2.24. The first-order valence-electron chi connectivity index (χ1n) is 6.14. The summed E-state index contributed by atoms with van der Waals surface area (Å²) in [6, 6.07) is 0. The van der Waals surface area contributed by atoms with Crippen LogP contribution in [0, 0.1) is 0 Å². The van der Waals surface area contributed by atoms with E-state index in [1.54, 1.807) is 0 Å². The molecule has 16 heavy (non-hydrogen) atoms. The monoisotopic (exact) mass is 242 g/mol. The molecule has 1 aromatic heterocycles. The molecule has 1 aromatic rings. The number of nitrogens with two attached hydrogens (primary N) is 1. The zero-order valence-corrected chi connectivity index (χ0v) is 10.9. The molecule has 1 heterocycles. The predicted octanol–water partition coefficient (Wildman–Crippen LogP) is 2.57. The Morgan fingerprint density at radius 3 is 2.25 bits per heavy atom. The number of aryl methyl sites for hydroxylation is 1. The van der Waals surface area contributed by atoms with Crippen molar-refractivity contribution in [1.29, 1.82) is 0 Å². The molecule has 0 saturated carbocycles. The maximum atomic E-state index is 5.70. The number of unbranched alkanes of at least 4 members (excludes halogenated alkanes) is 6. The van der Waals surface area contributed by atoms with Crippen molar-refractivity contribution in [3.8, 4) is 0 Å². The average molecular weight is 242 g/mol. The van der Waals surface area contributed by atoms with Crippen molar-refractivity contribution in [3.63, 3.8) is 0 Å². The van der Waals surface area contributed by atoms with Crippen LogP contribution < -0.4 is 5.84 Å². The lowest BCUT2D eigenvalue weighted by Crippen LogP contribution is -2.13. The van der Waals surface area contributed by atoms with E-state index in [0.29, 0.717) is 5.16 Å². The van der Waals surface area contributed by atoms with Crippen molar-refractivity contribution >= 4 is 12.6 Å². The first kappa shape index (κ1) is 13.4. The number of thiol groups is 1. The van der Waals surface area contributed by atoms with Gasteiger partial charge in [0.1, 0.15) is 0 Å². The van der Waals surface area contributed by atoms with Crippen LogP contribution in [0.2, 0.25) is 0 Å². The second-order valence-electron chi connectivity index (χ2n) is 4.16. The Bertz CT molecular complexity index is 298. The van der Waals surface area contributed by atoms with Crippen molar-refractivity contribution in [2.45, 2.75) is 63.4 Å². The van der Waals surface area contributed by atoms with E-state index in [4.69, 9.17) is 5.84 Å². The van der Waals surface area contributed by atoms with Gasteiger partial charge < -0.3 is 5.84 Å². The van der Waals surface area contributed by atoms with Gasteiger partial charge in [0.2, 0.25) is 5.16 Å². The number of aromatic nitrogens is 3. The lowest BCUT2D eigenvalue weighted by molar-refractivity contribution is 0.580. The molecule has 0 amide bonds. The zero-order valence-electron chi connectivity index (χ0n) is 10.0. The quantitative estimate of drug-likeness (QED) is 0.418. The minimum Gasteiger partial charge on any atom is -0.336 e. The molecular formula is C11H22N4S. The van der Waals surface area contributed by atoms with Gasteiger partial charge >= 0.3 is 0 Å². The van der Waals surface area contributed by atoms with Crippen LogP contribution in [0.15, 0.2) is 5.16 Å². The Labute approximate surface area is 103 Å². The van der Waals surface area contributed by atoms with Gasteiger partial charge in [-0.1, -0.05) is 45.4 Å². The summed E-state index contributed by atoms with van der Waals surface area (Å²) >= 11 is 4.08. The van der Waals surface area contributed by atoms with Gasteiger partial charge in [-0.2, -0.15) is 0 Å². The van der Waals surface area contributed by atoms with Crippen LogP contribution in [0.1, 0.15) is 57.7 Å². The van der Waals surface area contributed by atoms with Gasteiger partial charge in [0.15, 0.2) is 5.82 Å². The van der Waals surface area contributed by atoms with Crippen molar-refractivity contribution in [1.82, 2.24) is 14.9 Å². The Kier molecular flexibility index (Phi) is 6.30. The highest BCUT2D eigenvalue weighted by Crippen LogP contribution is 2.10. The molecule has 0 aromatic carbocycles. The lowest BCUT2D eigenvalue weighted by atomic mass is 10.1. The van der Waals surface area contributed by atoms with Crippen LogP contribution in [0.3, 0.4) is 0 Å². The SMILES string of the molecule is CCCCCCCCCc1nnc(S)n1N. The summed E-state index contributed by atoms with van der Waals surface area (Å²) in [7, 11) is 0. The number of nitrogen functional groups attached to an aromatic ring is 1. The second-order valence-corrected chi connectivity index (χ2v) is 4.56. The van der Waals surface area contributed by atoms with Gasteiger partial charge in [-0.25, -0.2) is 4.68 Å². The highest BCUT2D eigenvalue weighted by atomic mass is 32.1. The third kappa shape index (κ3) is 4.43. The van der Waals surface area contributed by atoms with Gasteiger partial charge in [0.25, 0.3) is 0 Å². The van der Waals surface area contributed by atoms with E-state index in [9.17, 15) is 0 Å². The maximum absolute atomic E-state index is 5.70. The fourth-order valence-corrected chi connectivity index (χ4v) is 1.89. The molecule has 92 valence electrons. The Morgan fingerprint density at radius 1 is 1.06 bits per heavy atom. The second kappa shape index (κ2) is 7.54. The third-order valence-electron chi connectivity index (χ3n) is 2.75. The van der Waals surface area contributed by atoms with Crippen LogP contribution in [-0.4, -0.2) is 14.9 Å². The lowest BCUT2D eigenvalue weighted by Gasteiger charge is -2.01. The van der Waals surface area contributed by atoms with E-state index in [1.165, 1.54) is 43.2 Å².